The van der Waals surface area contributed by atoms with Gasteiger partial charge in [-0.2, -0.15) is 0 Å². The third-order valence-corrected chi connectivity index (χ3v) is 4.70. The van der Waals surface area contributed by atoms with Crippen molar-refractivity contribution in [2.24, 2.45) is 22.7 Å². The number of rotatable bonds is 3. The van der Waals surface area contributed by atoms with Crippen LogP contribution in [0.3, 0.4) is 0 Å². The highest BCUT2D eigenvalue weighted by Gasteiger charge is 2.77. The molecular formula is C13H16O2. The molecule has 0 amide bonds. The number of carbonyl (C=O) groups excluding carboxylic acids is 1. The van der Waals surface area contributed by atoms with Gasteiger partial charge >= 0.3 is 0 Å². The molecule has 4 atom stereocenters. The Morgan fingerprint density at radius 1 is 1.40 bits per heavy atom. The van der Waals surface area contributed by atoms with Crippen molar-refractivity contribution < 1.29 is 9.53 Å². The minimum absolute atomic E-state index is 0.102. The zero-order valence-corrected chi connectivity index (χ0v) is 8.98. The van der Waals surface area contributed by atoms with Crippen LogP contribution in [0, 0.1) is 22.7 Å². The van der Waals surface area contributed by atoms with E-state index in [0.29, 0.717) is 11.8 Å². The van der Waals surface area contributed by atoms with Gasteiger partial charge in [-0.25, -0.2) is 0 Å². The van der Waals surface area contributed by atoms with Crippen molar-refractivity contribution in [1.29, 1.82) is 0 Å². The number of aldehydes is 1. The van der Waals surface area contributed by atoms with Crippen LogP contribution in [0.25, 0.3) is 0 Å². The van der Waals surface area contributed by atoms with Gasteiger partial charge in [0.1, 0.15) is 6.29 Å². The first-order chi connectivity index (χ1) is 7.29. The zero-order valence-electron chi connectivity index (χ0n) is 8.98. The first-order valence-electron chi connectivity index (χ1n) is 5.59. The Labute approximate surface area is 90.0 Å². The molecule has 0 saturated heterocycles. The van der Waals surface area contributed by atoms with E-state index < -0.39 is 0 Å². The van der Waals surface area contributed by atoms with E-state index in [9.17, 15) is 4.79 Å². The molecule has 2 heteroatoms. The van der Waals surface area contributed by atoms with Crippen LogP contribution in [0.1, 0.15) is 12.8 Å². The highest BCUT2D eigenvalue weighted by atomic mass is 16.5. The summed E-state index contributed by atoms with van der Waals surface area (Å²) in [6, 6.07) is 0. The molecule has 0 aromatic heterocycles. The van der Waals surface area contributed by atoms with Gasteiger partial charge in [0.25, 0.3) is 0 Å². The number of hydrogen-bond acceptors (Lipinski definition) is 2. The Morgan fingerprint density at radius 3 is 2.80 bits per heavy atom. The quantitative estimate of drug-likeness (QED) is 0.657. The van der Waals surface area contributed by atoms with Crippen molar-refractivity contribution >= 4 is 6.29 Å². The summed E-state index contributed by atoms with van der Waals surface area (Å²) < 4.78 is 5.33. The fourth-order valence-corrected chi connectivity index (χ4v) is 3.87. The lowest BCUT2D eigenvalue weighted by molar-refractivity contribution is -0.114. The average Bonchev–Trinajstić information content (AvgIpc) is 2.88. The van der Waals surface area contributed by atoms with Crippen molar-refractivity contribution in [3.05, 3.63) is 24.3 Å². The fraction of sp³-hybridized carbons (Fsp3) is 0.615. The summed E-state index contributed by atoms with van der Waals surface area (Å²) in [7, 11) is 1.73. The van der Waals surface area contributed by atoms with Crippen LogP contribution in [-0.2, 0) is 9.53 Å². The minimum Gasteiger partial charge on any atom is -0.384 e. The van der Waals surface area contributed by atoms with Crippen molar-refractivity contribution in [3.8, 4) is 0 Å². The molecule has 0 unspecified atom stereocenters. The number of fused-ring (bicyclic) bond motifs is 5. The third kappa shape index (κ3) is 0.913. The van der Waals surface area contributed by atoms with Gasteiger partial charge in [0.2, 0.25) is 0 Å². The number of methoxy groups -OCH3 is 1. The molecule has 2 bridgehead atoms. The molecule has 0 aromatic carbocycles. The van der Waals surface area contributed by atoms with Crippen LogP contribution in [0.15, 0.2) is 24.3 Å². The standard InChI is InChI=1S/C13H16O2/c1-15-9-13-7-12(13,8-14)10-4-2-3-5-11(13)6-10/h2-5,8,10-11H,6-7,9H2,1H3/t10-,11+,12+,13-/m1/s1. The number of ether oxygens (including phenoxy) is 1. The lowest BCUT2D eigenvalue weighted by Gasteiger charge is -2.20. The summed E-state index contributed by atoms with van der Waals surface area (Å²) in [5.41, 5.74) is 0.0182. The lowest BCUT2D eigenvalue weighted by Crippen LogP contribution is -2.23. The second-order valence-corrected chi connectivity index (χ2v) is 5.14. The monoisotopic (exact) mass is 204 g/mol. The Bertz CT molecular complexity index is 358. The molecule has 3 aliphatic rings. The van der Waals surface area contributed by atoms with E-state index in [2.05, 4.69) is 24.3 Å². The maximum atomic E-state index is 11.4. The second kappa shape index (κ2) is 2.82. The normalized spacial score (nSPS) is 49.9. The second-order valence-electron chi connectivity index (χ2n) is 5.14. The molecule has 0 aromatic rings. The molecule has 0 spiro atoms. The third-order valence-electron chi connectivity index (χ3n) is 4.70. The fourth-order valence-electron chi connectivity index (χ4n) is 3.87. The lowest BCUT2D eigenvalue weighted by atomic mass is 9.87. The smallest absolute Gasteiger partial charge is 0.127 e. The molecule has 2 nitrogen and oxygen atoms in total. The maximum Gasteiger partial charge on any atom is 0.127 e. The van der Waals surface area contributed by atoms with Gasteiger partial charge in [0.15, 0.2) is 0 Å². The SMILES string of the molecule is COC[C@@]12C[C@]1(C=O)[C@@H]1C=CC=C[C@H]2C1. The zero-order chi connectivity index (χ0) is 10.5. The molecule has 80 valence electrons. The van der Waals surface area contributed by atoms with Crippen LogP contribution >= 0.6 is 0 Å². The van der Waals surface area contributed by atoms with E-state index >= 15 is 0 Å². The van der Waals surface area contributed by atoms with E-state index in [-0.39, 0.29) is 10.8 Å². The molecule has 0 N–H and O–H groups in total. The van der Waals surface area contributed by atoms with Gasteiger partial charge in [0.05, 0.1) is 6.61 Å². The van der Waals surface area contributed by atoms with Crippen LogP contribution in [0.2, 0.25) is 0 Å². The highest BCUT2D eigenvalue weighted by molar-refractivity contribution is 5.70. The molecule has 0 aliphatic heterocycles. The van der Waals surface area contributed by atoms with Gasteiger partial charge in [0, 0.05) is 17.9 Å². The van der Waals surface area contributed by atoms with Crippen molar-refractivity contribution in [3.63, 3.8) is 0 Å². The van der Waals surface area contributed by atoms with Crippen LogP contribution in [-0.4, -0.2) is 20.0 Å². The molecule has 3 aliphatic carbocycles. The highest BCUT2D eigenvalue weighted by Crippen LogP contribution is 2.77. The number of carbonyl (C=O) groups is 1. The van der Waals surface area contributed by atoms with E-state index in [4.69, 9.17) is 4.74 Å². The summed E-state index contributed by atoms with van der Waals surface area (Å²) in [5.74, 6) is 0.966. The molecule has 0 radical (unpaired) electrons. The Hall–Kier alpha value is -0.890. The van der Waals surface area contributed by atoms with E-state index in [1.54, 1.807) is 7.11 Å². The summed E-state index contributed by atoms with van der Waals surface area (Å²) >= 11 is 0. The molecule has 0 heterocycles. The van der Waals surface area contributed by atoms with Crippen molar-refractivity contribution in [1.82, 2.24) is 0 Å². The largest absolute Gasteiger partial charge is 0.384 e. The van der Waals surface area contributed by atoms with E-state index in [1.807, 2.05) is 0 Å². The predicted molar refractivity (Wildman–Crippen MR) is 57.3 cm³/mol. The van der Waals surface area contributed by atoms with Crippen LogP contribution in [0.4, 0.5) is 0 Å². The molecular weight excluding hydrogens is 188 g/mol. The summed E-state index contributed by atoms with van der Waals surface area (Å²) in [4.78, 5) is 11.4. The number of hydrogen-bond donors (Lipinski definition) is 0. The van der Waals surface area contributed by atoms with Gasteiger partial charge in [-0.3, -0.25) is 0 Å². The topological polar surface area (TPSA) is 26.3 Å². The molecule has 15 heavy (non-hydrogen) atoms. The first-order valence-corrected chi connectivity index (χ1v) is 5.59. The Balaban J connectivity index is 2.02. The summed E-state index contributed by atoms with van der Waals surface area (Å²) in [5, 5.41) is 0. The molecule has 2 fully saturated rings. The molecule has 3 rings (SSSR count). The van der Waals surface area contributed by atoms with Gasteiger partial charge < -0.3 is 9.53 Å². The maximum absolute atomic E-state index is 11.4. The first kappa shape index (κ1) is 9.34. The van der Waals surface area contributed by atoms with Crippen LogP contribution in [0.5, 0.6) is 0 Å². The average molecular weight is 204 g/mol. The Morgan fingerprint density at radius 2 is 2.13 bits per heavy atom. The van der Waals surface area contributed by atoms with Gasteiger partial charge in [-0.15, -0.1) is 0 Å². The summed E-state index contributed by atoms with van der Waals surface area (Å²) in [6.07, 6.45) is 12.0. The number of allylic oxidation sites excluding steroid dienone is 4. The molecule has 2 saturated carbocycles. The Kier molecular flexibility index (Phi) is 1.76. The van der Waals surface area contributed by atoms with Gasteiger partial charge in [-0.05, 0) is 24.7 Å². The predicted octanol–water partition coefficient (Wildman–Crippen LogP) is 1.97. The van der Waals surface area contributed by atoms with Crippen molar-refractivity contribution in [2.45, 2.75) is 12.8 Å². The minimum atomic E-state index is -0.102. The summed E-state index contributed by atoms with van der Waals surface area (Å²) in [6.45, 7) is 0.727. The van der Waals surface area contributed by atoms with Gasteiger partial charge in [-0.1, -0.05) is 24.3 Å². The van der Waals surface area contributed by atoms with E-state index in [1.165, 1.54) is 6.29 Å². The van der Waals surface area contributed by atoms with Crippen LogP contribution < -0.4 is 0 Å². The van der Waals surface area contributed by atoms with Crippen molar-refractivity contribution in [2.75, 3.05) is 13.7 Å². The van der Waals surface area contributed by atoms with E-state index in [0.717, 1.165) is 19.4 Å².